The van der Waals surface area contributed by atoms with Crippen molar-refractivity contribution in [1.29, 1.82) is 0 Å². The number of rotatable bonds is 8. The van der Waals surface area contributed by atoms with Gasteiger partial charge in [-0.05, 0) is 48.7 Å². The van der Waals surface area contributed by atoms with Crippen molar-refractivity contribution >= 4 is 6.29 Å². The Kier molecular flexibility index (Phi) is 6.16. The summed E-state index contributed by atoms with van der Waals surface area (Å²) in [6.45, 7) is 5.37. The Morgan fingerprint density at radius 2 is 1.68 bits per heavy atom. The predicted octanol–water partition coefficient (Wildman–Crippen LogP) is 4.57. The van der Waals surface area contributed by atoms with Crippen LogP contribution in [0.1, 0.15) is 47.9 Å². The Hall–Kier alpha value is -2.13. The normalized spacial score (nSPS) is 11.9. The van der Waals surface area contributed by atoms with Crippen LogP contribution in [-0.2, 0) is 11.3 Å². The van der Waals surface area contributed by atoms with Crippen molar-refractivity contribution < 1.29 is 14.3 Å². The van der Waals surface area contributed by atoms with Crippen molar-refractivity contribution in [3.05, 3.63) is 65.2 Å². The second-order valence-corrected chi connectivity index (χ2v) is 5.07. The van der Waals surface area contributed by atoms with Gasteiger partial charge in [0.25, 0.3) is 0 Å². The average Bonchev–Trinajstić information content (AvgIpc) is 2.59. The van der Waals surface area contributed by atoms with Gasteiger partial charge in [-0.15, -0.1) is 0 Å². The highest BCUT2D eigenvalue weighted by Crippen LogP contribution is 2.21. The number of ether oxygens (including phenoxy) is 2. The molecule has 0 aromatic heterocycles. The standard InChI is InChI=1S/C19H22O3/c1-3-19(21-4-2)17-9-5-16(6-10-17)14-22-18-11-7-15(13-20)8-12-18/h5-13,19H,3-4,14H2,1-2H3/t19-/m0/s1. The topological polar surface area (TPSA) is 35.5 Å². The minimum atomic E-state index is 0.163. The summed E-state index contributed by atoms with van der Waals surface area (Å²) in [5, 5.41) is 0. The van der Waals surface area contributed by atoms with Gasteiger partial charge in [-0.1, -0.05) is 31.2 Å². The van der Waals surface area contributed by atoms with Gasteiger partial charge in [-0.2, -0.15) is 0 Å². The first-order chi connectivity index (χ1) is 10.8. The van der Waals surface area contributed by atoms with Crippen LogP contribution in [0.2, 0.25) is 0 Å². The molecule has 0 spiro atoms. The van der Waals surface area contributed by atoms with E-state index in [1.54, 1.807) is 24.3 Å². The molecule has 0 fully saturated rings. The van der Waals surface area contributed by atoms with Crippen molar-refractivity contribution in [2.45, 2.75) is 33.0 Å². The van der Waals surface area contributed by atoms with Crippen LogP contribution in [0.5, 0.6) is 5.75 Å². The van der Waals surface area contributed by atoms with E-state index in [1.807, 2.05) is 6.92 Å². The maximum Gasteiger partial charge on any atom is 0.150 e. The van der Waals surface area contributed by atoms with E-state index in [0.717, 1.165) is 30.6 Å². The quantitative estimate of drug-likeness (QED) is 0.670. The summed E-state index contributed by atoms with van der Waals surface area (Å²) in [6.07, 6.45) is 1.95. The second-order valence-electron chi connectivity index (χ2n) is 5.07. The van der Waals surface area contributed by atoms with E-state index in [9.17, 15) is 4.79 Å². The van der Waals surface area contributed by atoms with Gasteiger partial charge < -0.3 is 9.47 Å². The van der Waals surface area contributed by atoms with Gasteiger partial charge >= 0.3 is 0 Å². The fraction of sp³-hybridized carbons (Fsp3) is 0.316. The molecule has 0 saturated carbocycles. The summed E-state index contributed by atoms with van der Waals surface area (Å²) >= 11 is 0. The molecule has 0 saturated heterocycles. The molecule has 0 N–H and O–H groups in total. The summed E-state index contributed by atoms with van der Waals surface area (Å²) in [5.41, 5.74) is 2.95. The zero-order valence-corrected chi connectivity index (χ0v) is 13.1. The van der Waals surface area contributed by atoms with E-state index in [0.29, 0.717) is 12.2 Å². The van der Waals surface area contributed by atoms with Crippen LogP contribution in [0.3, 0.4) is 0 Å². The molecule has 2 aromatic carbocycles. The molecule has 2 rings (SSSR count). The van der Waals surface area contributed by atoms with Gasteiger partial charge in [-0.25, -0.2) is 0 Å². The minimum Gasteiger partial charge on any atom is -0.489 e. The number of benzene rings is 2. The maximum absolute atomic E-state index is 10.6. The van der Waals surface area contributed by atoms with Crippen LogP contribution in [0.25, 0.3) is 0 Å². The summed E-state index contributed by atoms with van der Waals surface area (Å²) in [5.74, 6) is 0.760. The first kappa shape index (κ1) is 16.2. The zero-order valence-electron chi connectivity index (χ0n) is 13.1. The molecule has 3 heteroatoms. The van der Waals surface area contributed by atoms with E-state index in [-0.39, 0.29) is 6.10 Å². The van der Waals surface area contributed by atoms with E-state index in [2.05, 4.69) is 31.2 Å². The highest BCUT2D eigenvalue weighted by molar-refractivity contribution is 5.74. The monoisotopic (exact) mass is 298 g/mol. The highest BCUT2D eigenvalue weighted by atomic mass is 16.5. The SMILES string of the molecule is CCO[C@@H](CC)c1ccc(COc2ccc(C=O)cc2)cc1. The molecule has 116 valence electrons. The molecule has 1 atom stereocenters. The smallest absolute Gasteiger partial charge is 0.150 e. The predicted molar refractivity (Wildman–Crippen MR) is 87.3 cm³/mol. The second kappa shape index (κ2) is 8.35. The molecular weight excluding hydrogens is 276 g/mol. The van der Waals surface area contributed by atoms with Gasteiger partial charge in [0.2, 0.25) is 0 Å². The van der Waals surface area contributed by atoms with Crippen LogP contribution in [0.15, 0.2) is 48.5 Å². The van der Waals surface area contributed by atoms with Crippen LogP contribution >= 0.6 is 0 Å². The first-order valence-corrected chi connectivity index (χ1v) is 7.65. The van der Waals surface area contributed by atoms with Crippen molar-refractivity contribution in [2.24, 2.45) is 0 Å². The minimum absolute atomic E-state index is 0.163. The number of hydrogen-bond acceptors (Lipinski definition) is 3. The molecule has 0 aliphatic heterocycles. The maximum atomic E-state index is 10.6. The summed E-state index contributed by atoms with van der Waals surface area (Å²) in [7, 11) is 0. The fourth-order valence-electron chi connectivity index (χ4n) is 2.29. The molecule has 0 unspecified atom stereocenters. The zero-order chi connectivity index (χ0) is 15.8. The van der Waals surface area contributed by atoms with Gasteiger partial charge in [0.1, 0.15) is 18.6 Å². The summed E-state index contributed by atoms with van der Waals surface area (Å²) < 4.78 is 11.4. The number of hydrogen-bond donors (Lipinski definition) is 0. The molecular formula is C19H22O3. The highest BCUT2D eigenvalue weighted by Gasteiger charge is 2.08. The molecule has 0 amide bonds. The summed E-state index contributed by atoms with van der Waals surface area (Å²) in [6, 6.07) is 15.4. The molecule has 0 heterocycles. The Morgan fingerprint density at radius 1 is 1.00 bits per heavy atom. The van der Waals surface area contributed by atoms with E-state index >= 15 is 0 Å². The van der Waals surface area contributed by atoms with E-state index < -0.39 is 0 Å². The van der Waals surface area contributed by atoms with Crippen LogP contribution in [0, 0.1) is 0 Å². The van der Waals surface area contributed by atoms with E-state index in [4.69, 9.17) is 9.47 Å². The molecule has 0 aliphatic rings. The van der Waals surface area contributed by atoms with Crippen LogP contribution in [-0.4, -0.2) is 12.9 Å². The summed E-state index contributed by atoms with van der Waals surface area (Å²) in [4.78, 5) is 10.6. The van der Waals surface area contributed by atoms with Crippen LogP contribution < -0.4 is 4.74 Å². The third-order valence-corrected chi connectivity index (χ3v) is 3.51. The molecule has 0 aliphatic carbocycles. The number of carbonyl (C=O) groups excluding carboxylic acids is 1. The third-order valence-electron chi connectivity index (χ3n) is 3.51. The van der Waals surface area contributed by atoms with Crippen molar-refractivity contribution in [3.63, 3.8) is 0 Å². The lowest BCUT2D eigenvalue weighted by Crippen LogP contribution is -2.03. The molecule has 22 heavy (non-hydrogen) atoms. The molecule has 0 radical (unpaired) electrons. The first-order valence-electron chi connectivity index (χ1n) is 7.65. The Labute approximate surface area is 131 Å². The molecule has 3 nitrogen and oxygen atoms in total. The van der Waals surface area contributed by atoms with Gasteiger partial charge in [0, 0.05) is 12.2 Å². The van der Waals surface area contributed by atoms with E-state index in [1.165, 1.54) is 5.56 Å². The lowest BCUT2D eigenvalue weighted by Gasteiger charge is -2.15. The third kappa shape index (κ3) is 4.43. The van der Waals surface area contributed by atoms with Crippen LogP contribution in [0.4, 0.5) is 0 Å². The number of carbonyl (C=O) groups is 1. The Morgan fingerprint density at radius 3 is 2.23 bits per heavy atom. The van der Waals surface area contributed by atoms with Crippen molar-refractivity contribution in [1.82, 2.24) is 0 Å². The van der Waals surface area contributed by atoms with Gasteiger partial charge in [-0.3, -0.25) is 4.79 Å². The number of aldehydes is 1. The fourth-order valence-corrected chi connectivity index (χ4v) is 2.29. The lowest BCUT2D eigenvalue weighted by molar-refractivity contribution is 0.0598. The lowest BCUT2D eigenvalue weighted by atomic mass is 10.1. The molecule has 2 aromatic rings. The largest absolute Gasteiger partial charge is 0.489 e. The molecule has 0 bridgehead atoms. The average molecular weight is 298 g/mol. The van der Waals surface area contributed by atoms with Crippen molar-refractivity contribution in [3.8, 4) is 5.75 Å². The Balaban J connectivity index is 1.94. The van der Waals surface area contributed by atoms with Crippen molar-refractivity contribution in [2.75, 3.05) is 6.61 Å². The van der Waals surface area contributed by atoms with Gasteiger partial charge in [0.05, 0.1) is 6.10 Å². The van der Waals surface area contributed by atoms with Gasteiger partial charge in [0.15, 0.2) is 0 Å². The Bertz CT molecular complexity index is 573.